The number of hydrogen-bond donors (Lipinski definition) is 0. The fourth-order valence-electron chi connectivity index (χ4n) is 7.43. The van der Waals surface area contributed by atoms with Gasteiger partial charge in [0.25, 0.3) is 0 Å². The molecular weight excluding hydrogens is 563 g/mol. The molecule has 0 bridgehead atoms. The molecule has 0 amide bonds. The second-order valence-corrected chi connectivity index (χ2v) is 13.6. The molecule has 0 spiro atoms. The van der Waals surface area contributed by atoms with Gasteiger partial charge in [0.1, 0.15) is 0 Å². The van der Waals surface area contributed by atoms with E-state index in [0.717, 1.165) is 5.69 Å². The third-order valence-corrected chi connectivity index (χ3v) is 10.9. The van der Waals surface area contributed by atoms with Crippen molar-refractivity contribution in [3.05, 3.63) is 163 Å². The minimum Gasteiger partial charge on any atom is -0.310 e. The van der Waals surface area contributed by atoms with E-state index in [-0.39, 0.29) is 5.41 Å². The quantitative estimate of drug-likeness (QED) is 0.196. The zero-order chi connectivity index (χ0) is 30.1. The minimum absolute atomic E-state index is 0.0882. The van der Waals surface area contributed by atoms with E-state index < -0.39 is 0 Å². The van der Waals surface area contributed by atoms with Crippen LogP contribution < -0.4 is 4.90 Å². The highest BCUT2D eigenvalue weighted by Gasteiger charge is 2.36. The summed E-state index contributed by atoms with van der Waals surface area (Å²) in [7, 11) is 0. The second-order valence-electron chi connectivity index (χ2n) is 12.6. The first-order chi connectivity index (χ1) is 22.1. The summed E-state index contributed by atoms with van der Waals surface area (Å²) in [5.41, 5.74) is 11.3. The minimum atomic E-state index is -0.0882. The Bertz CT molecular complexity index is 2410. The Kier molecular flexibility index (Phi) is 5.78. The van der Waals surface area contributed by atoms with E-state index in [0.29, 0.717) is 0 Å². The van der Waals surface area contributed by atoms with Gasteiger partial charge in [-0.3, -0.25) is 0 Å². The van der Waals surface area contributed by atoms with Gasteiger partial charge in [0.2, 0.25) is 0 Å². The Morgan fingerprint density at radius 2 is 1.13 bits per heavy atom. The van der Waals surface area contributed by atoms with E-state index in [2.05, 4.69) is 170 Å². The van der Waals surface area contributed by atoms with Gasteiger partial charge in [-0.1, -0.05) is 129 Å². The Morgan fingerprint density at radius 1 is 0.467 bits per heavy atom. The first-order valence-electron chi connectivity index (χ1n) is 15.6. The number of fused-ring (bicyclic) bond motifs is 8. The van der Waals surface area contributed by atoms with Crippen LogP contribution in [0.15, 0.2) is 152 Å². The first kappa shape index (κ1) is 26.2. The fraction of sp³-hybridized carbons (Fsp3) is 0.0698. The predicted molar refractivity (Wildman–Crippen MR) is 195 cm³/mol. The van der Waals surface area contributed by atoms with Crippen molar-refractivity contribution in [1.29, 1.82) is 0 Å². The van der Waals surface area contributed by atoms with Crippen LogP contribution in [0.3, 0.4) is 0 Å². The van der Waals surface area contributed by atoms with E-state index in [9.17, 15) is 0 Å². The maximum atomic E-state index is 2.49. The lowest BCUT2D eigenvalue weighted by molar-refractivity contribution is 0.660. The third kappa shape index (κ3) is 3.99. The average Bonchev–Trinajstić information content (AvgIpc) is 3.58. The molecule has 0 atom stereocenters. The Balaban J connectivity index is 1.34. The lowest BCUT2D eigenvalue weighted by atomic mass is 9.82. The molecule has 1 nitrogen and oxygen atoms in total. The van der Waals surface area contributed by atoms with E-state index in [1.807, 2.05) is 11.3 Å². The van der Waals surface area contributed by atoms with Crippen LogP contribution in [0.1, 0.15) is 25.0 Å². The summed E-state index contributed by atoms with van der Waals surface area (Å²) in [5.74, 6) is 0. The van der Waals surface area contributed by atoms with Crippen LogP contribution in [0.2, 0.25) is 0 Å². The van der Waals surface area contributed by atoms with Gasteiger partial charge < -0.3 is 4.90 Å². The van der Waals surface area contributed by atoms with Gasteiger partial charge in [0.15, 0.2) is 0 Å². The van der Waals surface area contributed by atoms with E-state index in [1.165, 1.54) is 75.7 Å². The Labute approximate surface area is 267 Å². The number of hydrogen-bond acceptors (Lipinski definition) is 2. The molecule has 0 aliphatic heterocycles. The molecule has 0 radical (unpaired) electrons. The number of thiophene rings is 1. The molecule has 0 saturated carbocycles. The van der Waals surface area contributed by atoms with Crippen molar-refractivity contribution in [2.24, 2.45) is 0 Å². The van der Waals surface area contributed by atoms with E-state index >= 15 is 0 Å². The zero-order valence-electron chi connectivity index (χ0n) is 25.3. The molecule has 214 valence electrons. The molecule has 0 fully saturated rings. The second kappa shape index (κ2) is 9.92. The van der Waals surface area contributed by atoms with Crippen molar-refractivity contribution in [3.63, 3.8) is 0 Å². The lowest BCUT2D eigenvalue weighted by Crippen LogP contribution is -2.16. The van der Waals surface area contributed by atoms with Crippen molar-refractivity contribution in [3.8, 4) is 22.3 Å². The van der Waals surface area contributed by atoms with Gasteiger partial charge in [0, 0.05) is 47.7 Å². The molecule has 1 aliphatic rings. The van der Waals surface area contributed by atoms with Gasteiger partial charge in [-0.25, -0.2) is 0 Å². The van der Waals surface area contributed by atoms with Crippen LogP contribution in [0, 0.1) is 0 Å². The van der Waals surface area contributed by atoms with Crippen LogP contribution in [-0.4, -0.2) is 0 Å². The van der Waals surface area contributed by atoms with Crippen molar-refractivity contribution >= 4 is 59.3 Å². The maximum Gasteiger partial charge on any atom is 0.0547 e. The molecule has 2 heteroatoms. The summed E-state index contributed by atoms with van der Waals surface area (Å²) in [6, 6.07) is 55.8. The molecule has 0 unspecified atom stereocenters. The fourth-order valence-corrected chi connectivity index (χ4v) is 8.65. The maximum absolute atomic E-state index is 2.49. The molecule has 45 heavy (non-hydrogen) atoms. The highest BCUT2D eigenvalue weighted by molar-refractivity contribution is 7.26. The van der Waals surface area contributed by atoms with E-state index in [4.69, 9.17) is 0 Å². The largest absolute Gasteiger partial charge is 0.310 e. The number of rotatable bonds is 4. The summed E-state index contributed by atoms with van der Waals surface area (Å²) in [6.07, 6.45) is 0. The number of nitrogens with zero attached hydrogens (tertiary/aromatic N) is 1. The van der Waals surface area contributed by atoms with Crippen molar-refractivity contribution in [2.45, 2.75) is 19.3 Å². The van der Waals surface area contributed by atoms with E-state index in [1.54, 1.807) is 0 Å². The highest BCUT2D eigenvalue weighted by atomic mass is 32.1. The predicted octanol–water partition coefficient (Wildman–Crippen LogP) is 12.7. The molecular formula is C43H31NS. The highest BCUT2D eigenvalue weighted by Crippen LogP contribution is 2.52. The smallest absolute Gasteiger partial charge is 0.0547 e. The van der Waals surface area contributed by atoms with Crippen LogP contribution >= 0.6 is 11.3 Å². The molecule has 1 aliphatic carbocycles. The van der Waals surface area contributed by atoms with Crippen LogP contribution in [0.4, 0.5) is 17.1 Å². The van der Waals surface area contributed by atoms with Gasteiger partial charge in [0.05, 0.1) is 5.69 Å². The summed E-state index contributed by atoms with van der Waals surface area (Å²) < 4.78 is 2.67. The van der Waals surface area contributed by atoms with Crippen LogP contribution in [-0.2, 0) is 5.41 Å². The molecule has 0 saturated heterocycles. The monoisotopic (exact) mass is 593 g/mol. The number of benzene rings is 7. The zero-order valence-corrected chi connectivity index (χ0v) is 26.1. The van der Waals surface area contributed by atoms with Crippen molar-refractivity contribution < 1.29 is 0 Å². The normalized spacial score (nSPS) is 13.3. The van der Waals surface area contributed by atoms with Gasteiger partial charge in [-0.05, 0) is 69.8 Å². The molecule has 1 heterocycles. The lowest BCUT2D eigenvalue weighted by Gasteiger charge is -2.29. The number of anilines is 3. The van der Waals surface area contributed by atoms with Crippen LogP contribution in [0.5, 0.6) is 0 Å². The van der Waals surface area contributed by atoms with Crippen molar-refractivity contribution in [1.82, 2.24) is 0 Å². The van der Waals surface area contributed by atoms with Gasteiger partial charge in [-0.15, -0.1) is 11.3 Å². The third-order valence-electron chi connectivity index (χ3n) is 9.64. The standard InChI is InChI=1S/C43H31NS/c1-43(2)38-21-10-8-17-32(38)33-24-23-31(26-39(33)43)44(30-16-12-15-29(25-30)28-13-4-3-5-14-28)40-27-37-35-19-9-11-22-41(35)45-42(37)36-20-7-6-18-34(36)40/h3-27H,1-2H3. The first-order valence-corrected chi connectivity index (χ1v) is 16.4. The SMILES string of the molecule is CC1(C)c2ccccc2-c2ccc(N(c3cccc(-c4ccccc4)c3)c3cc4c5ccccc5sc4c4ccccc34)cc21. The molecule has 1 aromatic heterocycles. The molecule has 0 N–H and O–H groups in total. The Hall–Kier alpha value is -5.18. The van der Waals surface area contributed by atoms with Gasteiger partial charge >= 0.3 is 0 Å². The summed E-state index contributed by atoms with van der Waals surface area (Å²) in [6.45, 7) is 4.72. The summed E-state index contributed by atoms with van der Waals surface area (Å²) >= 11 is 1.89. The Morgan fingerprint density at radius 3 is 2.00 bits per heavy atom. The summed E-state index contributed by atoms with van der Waals surface area (Å²) in [4.78, 5) is 2.49. The molecule has 7 aromatic carbocycles. The van der Waals surface area contributed by atoms with Crippen molar-refractivity contribution in [2.75, 3.05) is 4.90 Å². The van der Waals surface area contributed by atoms with Gasteiger partial charge in [-0.2, -0.15) is 0 Å². The summed E-state index contributed by atoms with van der Waals surface area (Å²) in [5, 5.41) is 5.17. The molecule has 8 aromatic rings. The van der Waals surface area contributed by atoms with Crippen LogP contribution in [0.25, 0.3) is 53.2 Å². The average molecular weight is 594 g/mol. The topological polar surface area (TPSA) is 3.24 Å². The molecule has 9 rings (SSSR count).